The Bertz CT molecular complexity index is 994. The molecule has 2 heterocycles. The average molecular weight is 311 g/mol. The predicted octanol–water partition coefficient (Wildman–Crippen LogP) is 3.00. The first kappa shape index (κ1) is 14.0. The monoisotopic (exact) mass is 311 g/mol. The molecule has 3 aromatic rings. The average Bonchev–Trinajstić information content (AvgIpc) is 3.15. The van der Waals surface area contributed by atoms with Gasteiger partial charge in [0.2, 0.25) is 0 Å². The van der Waals surface area contributed by atoms with Crippen molar-refractivity contribution >= 4 is 27.8 Å². The van der Waals surface area contributed by atoms with Gasteiger partial charge in [-0.05, 0) is 37.5 Å². The van der Waals surface area contributed by atoms with Gasteiger partial charge < -0.3 is 10.1 Å². The fraction of sp³-hybridized carbons (Fsp3) is 0.353. The van der Waals surface area contributed by atoms with Crippen molar-refractivity contribution in [1.82, 2.24) is 14.8 Å². The minimum absolute atomic E-state index is 0.181. The molecule has 6 heteroatoms. The molecule has 0 amide bonds. The maximum absolute atomic E-state index is 12.3. The normalized spacial score (nSPS) is 15.7. The van der Waals surface area contributed by atoms with E-state index in [1.807, 2.05) is 4.68 Å². The number of nitrogens with zero attached hydrogens (tertiary/aromatic N) is 2. The molecule has 1 aliphatic carbocycles. The Morgan fingerprint density at radius 1 is 1.30 bits per heavy atom. The fourth-order valence-electron chi connectivity index (χ4n) is 3.65. The molecule has 118 valence electrons. The second-order valence-electron chi connectivity index (χ2n) is 6.26. The Hall–Kier alpha value is -2.63. The first-order chi connectivity index (χ1) is 11.1. The third-order valence-electron chi connectivity index (χ3n) is 4.81. The smallest absolute Gasteiger partial charge is 0.335 e. The maximum atomic E-state index is 12.3. The van der Waals surface area contributed by atoms with Gasteiger partial charge in [-0.25, -0.2) is 4.79 Å². The minimum atomic E-state index is -0.962. The zero-order valence-corrected chi connectivity index (χ0v) is 12.8. The Morgan fingerprint density at radius 2 is 2.04 bits per heavy atom. The molecule has 2 N–H and O–H groups in total. The van der Waals surface area contributed by atoms with Gasteiger partial charge in [-0.3, -0.25) is 9.48 Å². The first-order valence-electron chi connectivity index (χ1n) is 7.83. The second-order valence-corrected chi connectivity index (χ2v) is 6.26. The van der Waals surface area contributed by atoms with Crippen LogP contribution >= 0.6 is 0 Å². The van der Waals surface area contributed by atoms with Crippen molar-refractivity contribution in [1.29, 1.82) is 0 Å². The van der Waals surface area contributed by atoms with Crippen molar-refractivity contribution < 1.29 is 9.90 Å². The number of rotatable bonds is 2. The highest BCUT2D eigenvalue weighted by Crippen LogP contribution is 2.33. The number of aromatic carboxylic acids is 1. The molecular formula is C17H17N3O3. The predicted molar refractivity (Wildman–Crippen MR) is 87.1 cm³/mol. The number of hydrogen-bond donors (Lipinski definition) is 2. The Kier molecular flexibility index (Phi) is 3.01. The summed E-state index contributed by atoms with van der Waals surface area (Å²) < 4.78 is 1.92. The van der Waals surface area contributed by atoms with Crippen LogP contribution in [-0.2, 0) is 0 Å². The third-order valence-corrected chi connectivity index (χ3v) is 4.81. The Morgan fingerprint density at radius 3 is 2.74 bits per heavy atom. The number of nitrogens with one attached hydrogen (secondary N) is 1. The molecule has 0 atom stereocenters. The van der Waals surface area contributed by atoms with E-state index in [1.165, 1.54) is 0 Å². The molecule has 1 fully saturated rings. The quantitative estimate of drug-likeness (QED) is 0.761. The summed E-state index contributed by atoms with van der Waals surface area (Å²) in [4.78, 5) is 26.6. The standard InChI is InChI=1S/C17H17N3O3/c1-9-6-14-12(7-11(9)17(22)23)15-13(16(21)19-14)8-18-20(15)10-4-2-3-5-10/h6-8,10H,2-5H2,1H3,(H,19,21)(H,22,23). The van der Waals surface area contributed by atoms with Crippen LogP contribution in [0.3, 0.4) is 0 Å². The number of aromatic amines is 1. The molecule has 1 aromatic carbocycles. The highest BCUT2D eigenvalue weighted by atomic mass is 16.4. The van der Waals surface area contributed by atoms with Crippen LogP contribution < -0.4 is 5.56 Å². The number of carboxylic acids is 1. The van der Waals surface area contributed by atoms with Crippen molar-refractivity contribution in [3.05, 3.63) is 39.8 Å². The van der Waals surface area contributed by atoms with E-state index in [-0.39, 0.29) is 17.2 Å². The Labute approximate surface area is 131 Å². The van der Waals surface area contributed by atoms with Gasteiger partial charge in [-0.2, -0.15) is 5.10 Å². The molecular weight excluding hydrogens is 294 g/mol. The minimum Gasteiger partial charge on any atom is -0.478 e. The van der Waals surface area contributed by atoms with Crippen molar-refractivity contribution in [2.75, 3.05) is 0 Å². The second kappa shape index (κ2) is 4.94. The summed E-state index contributed by atoms with van der Waals surface area (Å²) in [6.07, 6.45) is 6.00. The van der Waals surface area contributed by atoms with Crippen molar-refractivity contribution in [3.8, 4) is 0 Å². The molecule has 0 spiro atoms. The molecule has 0 saturated heterocycles. The van der Waals surface area contributed by atoms with Crippen molar-refractivity contribution in [2.24, 2.45) is 0 Å². The van der Waals surface area contributed by atoms with Crippen LogP contribution in [0.25, 0.3) is 21.8 Å². The lowest BCUT2D eigenvalue weighted by molar-refractivity contribution is 0.0696. The van der Waals surface area contributed by atoms with Crippen molar-refractivity contribution in [3.63, 3.8) is 0 Å². The van der Waals surface area contributed by atoms with Crippen LogP contribution in [0.5, 0.6) is 0 Å². The van der Waals surface area contributed by atoms with Gasteiger partial charge >= 0.3 is 5.97 Å². The van der Waals surface area contributed by atoms with Gasteiger partial charge in [0.1, 0.15) is 0 Å². The number of pyridine rings is 1. The largest absolute Gasteiger partial charge is 0.478 e. The number of hydrogen-bond acceptors (Lipinski definition) is 3. The summed E-state index contributed by atoms with van der Waals surface area (Å²) in [5, 5.41) is 15.1. The molecule has 2 aromatic heterocycles. The molecule has 0 radical (unpaired) electrons. The number of benzene rings is 1. The van der Waals surface area contributed by atoms with Crippen LogP contribution in [0.1, 0.15) is 47.6 Å². The van der Waals surface area contributed by atoms with E-state index < -0.39 is 5.97 Å². The molecule has 0 bridgehead atoms. The highest BCUT2D eigenvalue weighted by Gasteiger charge is 2.22. The fourth-order valence-corrected chi connectivity index (χ4v) is 3.65. The summed E-state index contributed by atoms with van der Waals surface area (Å²) in [6, 6.07) is 3.66. The molecule has 0 aliphatic heterocycles. The van der Waals surface area contributed by atoms with Gasteiger partial charge in [0.05, 0.1) is 34.2 Å². The van der Waals surface area contributed by atoms with Gasteiger partial charge in [0.15, 0.2) is 0 Å². The number of fused-ring (bicyclic) bond motifs is 3. The van der Waals surface area contributed by atoms with E-state index in [9.17, 15) is 14.7 Å². The SMILES string of the molecule is Cc1cc2[nH]c(=O)c3cnn(C4CCCC4)c3c2cc1C(=O)O. The highest BCUT2D eigenvalue weighted by molar-refractivity contribution is 6.06. The van der Waals surface area contributed by atoms with Crippen LogP contribution in [0.4, 0.5) is 0 Å². The topological polar surface area (TPSA) is 88.0 Å². The van der Waals surface area contributed by atoms with Gasteiger partial charge in [-0.1, -0.05) is 12.8 Å². The van der Waals surface area contributed by atoms with Gasteiger partial charge in [0.25, 0.3) is 5.56 Å². The van der Waals surface area contributed by atoms with E-state index >= 15 is 0 Å². The third kappa shape index (κ3) is 2.05. The molecule has 1 saturated carbocycles. The lowest BCUT2D eigenvalue weighted by Crippen LogP contribution is -2.11. The molecule has 0 unspecified atom stereocenters. The molecule has 1 aliphatic rings. The van der Waals surface area contributed by atoms with E-state index in [4.69, 9.17) is 0 Å². The number of carbonyl (C=O) groups is 1. The lowest BCUT2D eigenvalue weighted by atomic mass is 10.0. The molecule has 4 rings (SSSR count). The van der Waals surface area contributed by atoms with E-state index in [2.05, 4.69) is 10.1 Å². The van der Waals surface area contributed by atoms with Gasteiger partial charge in [0, 0.05) is 5.39 Å². The maximum Gasteiger partial charge on any atom is 0.335 e. The zero-order valence-electron chi connectivity index (χ0n) is 12.8. The van der Waals surface area contributed by atoms with Crippen molar-refractivity contribution in [2.45, 2.75) is 38.6 Å². The van der Waals surface area contributed by atoms with Gasteiger partial charge in [-0.15, -0.1) is 0 Å². The molecule has 6 nitrogen and oxygen atoms in total. The van der Waals surface area contributed by atoms with Crippen LogP contribution in [0.15, 0.2) is 23.1 Å². The lowest BCUT2D eigenvalue weighted by Gasteiger charge is -2.13. The zero-order chi connectivity index (χ0) is 16.1. The summed E-state index contributed by atoms with van der Waals surface area (Å²) in [5.74, 6) is -0.962. The van der Waals surface area contributed by atoms with Crippen LogP contribution in [0, 0.1) is 6.92 Å². The van der Waals surface area contributed by atoms with E-state index in [0.29, 0.717) is 16.5 Å². The molecule has 23 heavy (non-hydrogen) atoms. The van der Waals surface area contributed by atoms with Crippen LogP contribution in [0.2, 0.25) is 0 Å². The summed E-state index contributed by atoms with van der Waals surface area (Å²) in [7, 11) is 0. The van der Waals surface area contributed by atoms with E-state index in [0.717, 1.165) is 36.6 Å². The summed E-state index contributed by atoms with van der Waals surface area (Å²) >= 11 is 0. The summed E-state index contributed by atoms with van der Waals surface area (Å²) in [6.45, 7) is 1.74. The Balaban J connectivity index is 2.12. The first-order valence-corrected chi connectivity index (χ1v) is 7.83. The number of aryl methyl sites for hydroxylation is 1. The van der Waals surface area contributed by atoms with E-state index in [1.54, 1.807) is 25.3 Å². The summed E-state index contributed by atoms with van der Waals surface area (Å²) in [5.41, 5.74) is 2.11. The number of carboxylic acid groups (broad SMARTS) is 1. The number of aromatic nitrogens is 3. The number of H-pyrrole nitrogens is 1. The van der Waals surface area contributed by atoms with Crippen LogP contribution in [-0.4, -0.2) is 25.8 Å².